The second-order valence-electron chi connectivity index (χ2n) is 13.0. The molecule has 5 aliphatic rings. The molecular weight excluding hydrogens is 500 g/mol. The summed E-state index contributed by atoms with van der Waals surface area (Å²) < 4.78 is 12.8. The van der Waals surface area contributed by atoms with Crippen molar-refractivity contribution in [2.75, 3.05) is 26.7 Å². The van der Waals surface area contributed by atoms with Crippen LogP contribution in [0, 0.1) is 29.6 Å². The zero-order chi connectivity index (χ0) is 27.6. The maximum absolute atomic E-state index is 13.8. The molecule has 3 aliphatic carbocycles. The second kappa shape index (κ2) is 9.82. The van der Waals surface area contributed by atoms with Crippen molar-refractivity contribution in [2.24, 2.45) is 17.8 Å². The van der Waals surface area contributed by atoms with Gasteiger partial charge in [0.25, 0.3) is 5.91 Å². The van der Waals surface area contributed by atoms with Gasteiger partial charge in [0.1, 0.15) is 6.10 Å². The van der Waals surface area contributed by atoms with E-state index < -0.39 is 0 Å². The molecule has 0 aromatic heterocycles. The fourth-order valence-electron chi connectivity index (χ4n) is 8.50. The molecule has 1 amide bonds. The van der Waals surface area contributed by atoms with Crippen LogP contribution in [0.1, 0.15) is 56.2 Å². The molecule has 2 aliphatic heterocycles. The van der Waals surface area contributed by atoms with Crippen LogP contribution in [0.3, 0.4) is 0 Å². The summed E-state index contributed by atoms with van der Waals surface area (Å²) in [4.78, 5) is 18.5. The zero-order valence-electron chi connectivity index (χ0n) is 23.8. The Morgan fingerprint density at radius 1 is 1.23 bits per heavy atom. The third kappa shape index (κ3) is 4.04. The lowest BCUT2D eigenvalue weighted by Crippen LogP contribution is -2.69. The number of carbonyl (C=O) groups is 1. The number of hydrogen-bond acceptors (Lipinski definition) is 5. The average Bonchev–Trinajstić information content (AvgIpc) is 3.54. The molecule has 210 valence electrons. The van der Waals surface area contributed by atoms with Gasteiger partial charge in [-0.1, -0.05) is 44.0 Å². The number of carbonyl (C=O) groups excluding carboxylic acids is 1. The molecule has 2 heterocycles. The van der Waals surface area contributed by atoms with Crippen molar-refractivity contribution >= 4 is 5.91 Å². The number of benzene rings is 2. The maximum Gasteiger partial charge on any atom is 0.299 e. The topological polar surface area (TPSA) is 62.2 Å². The quantitative estimate of drug-likeness (QED) is 0.561. The molecule has 1 N–H and O–H groups in total. The van der Waals surface area contributed by atoms with E-state index >= 15 is 0 Å². The van der Waals surface area contributed by atoms with Crippen LogP contribution in [-0.2, 0) is 16.6 Å². The van der Waals surface area contributed by atoms with Gasteiger partial charge >= 0.3 is 0 Å². The molecule has 2 bridgehead atoms. The van der Waals surface area contributed by atoms with Gasteiger partial charge in [-0.05, 0) is 74.2 Å². The summed E-state index contributed by atoms with van der Waals surface area (Å²) >= 11 is 0. The molecule has 3 fully saturated rings. The van der Waals surface area contributed by atoms with E-state index in [4.69, 9.17) is 9.47 Å². The first-order valence-electron chi connectivity index (χ1n) is 15.1. The van der Waals surface area contributed by atoms with Crippen LogP contribution in [0.2, 0.25) is 0 Å². The Hall–Kier alpha value is -3.01. The van der Waals surface area contributed by atoms with E-state index in [0.717, 1.165) is 62.3 Å². The Morgan fingerprint density at radius 3 is 2.75 bits per heavy atom. The van der Waals surface area contributed by atoms with Crippen molar-refractivity contribution in [2.45, 2.75) is 75.7 Å². The molecule has 2 aromatic carbocycles. The number of rotatable bonds is 6. The van der Waals surface area contributed by atoms with Gasteiger partial charge in [0.2, 0.25) is 0 Å². The molecule has 6 nitrogen and oxygen atoms in total. The molecular formula is C34H40N2O4. The summed E-state index contributed by atoms with van der Waals surface area (Å²) in [6.45, 7) is 6.98. The van der Waals surface area contributed by atoms with Gasteiger partial charge in [-0.2, -0.15) is 0 Å². The van der Waals surface area contributed by atoms with Gasteiger partial charge in [0, 0.05) is 47.5 Å². The van der Waals surface area contributed by atoms with Crippen LogP contribution in [0.25, 0.3) is 0 Å². The SMILES string of the molecule is COc1ccc2c3c1O[C@H]1[C@H](N(CC(C)C)C(=O)C#Cc4ccccc4)CC[C@H]4[C@@H](C2)N(CC2CC2O)CC[C@@]341. The highest BCUT2D eigenvalue weighted by Crippen LogP contribution is 2.64. The number of ether oxygens (including phenoxy) is 2. The van der Waals surface area contributed by atoms with E-state index in [-0.39, 0.29) is 29.6 Å². The van der Waals surface area contributed by atoms with Crippen LogP contribution in [0.5, 0.6) is 11.5 Å². The molecule has 1 spiro atoms. The minimum atomic E-state index is -0.133. The zero-order valence-corrected chi connectivity index (χ0v) is 23.8. The number of likely N-dealkylation sites (tertiary alicyclic amines) is 1. The number of amides is 1. The smallest absolute Gasteiger partial charge is 0.299 e. The summed E-state index contributed by atoms with van der Waals surface area (Å²) in [6, 6.07) is 14.4. The number of piperidine rings is 1. The van der Waals surface area contributed by atoms with Crippen molar-refractivity contribution in [3.05, 3.63) is 59.2 Å². The molecule has 40 heavy (non-hydrogen) atoms. The van der Waals surface area contributed by atoms with E-state index in [1.54, 1.807) is 7.11 Å². The van der Waals surface area contributed by atoms with Crippen molar-refractivity contribution < 1.29 is 19.4 Å². The lowest BCUT2D eigenvalue weighted by molar-refractivity contribution is -0.137. The van der Waals surface area contributed by atoms with Crippen molar-refractivity contribution in [1.29, 1.82) is 0 Å². The normalized spacial score (nSPS) is 32.9. The lowest BCUT2D eigenvalue weighted by atomic mass is 9.51. The molecule has 2 saturated carbocycles. The number of hydrogen-bond donors (Lipinski definition) is 1. The van der Waals surface area contributed by atoms with Crippen molar-refractivity contribution in [3.63, 3.8) is 0 Å². The van der Waals surface area contributed by atoms with Gasteiger partial charge in [-0.15, -0.1) is 0 Å². The molecule has 2 aromatic rings. The Balaban J connectivity index is 1.27. The summed E-state index contributed by atoms with van der Waals surface area (Å²) in [7, 11) is 1.72. The van der Waals surface area contributed by atoms with Crippen LogP contribution < -0.4 is 9.47 Å². The number of aliphatic hydroxyl groups excluding tert-OH is 1. The summed E-state index contributed by atoms with van der Waals surface area (Å²) in [5.41, 5.74) is 3.43. The van der Waals surface area contributed by atoms with Gasteiger partial charge in [-0.25, -0.2) is 0 Å². The molecule has 6 heteroatoms. The maximum atomic E-state index is 13.8. The lowest BCUT2D eigenvalue weighted by Gasteiger charge is -2.60. The third-order valence-electron chi connectivity index (χ3n) is 10.3. The molecule has 7 rings (SSSR count). The third-order valence-corrected chi connectivity index (χ3v) is 10.3. The van der Waals surface area contributed by atoms with Gasteiger partial charge in [-0.3, -0.25) is 9.69 Å². The predicted molar refractivity (Wildman–Crippen MR) is 153 cm³/mol. The van der Waals surface area contributed by atoms with Crippen LogP contribution >= 0.6 is 0 Å². The van der Waals surface area contributed by atoms with Gasteiger partial charge < -0.3 is 19.5 Å². The monoisotopic (exact) mass is 540 g/mol. The van der Waals surface area contributed by atoms with Crippen LogP contribution in [0.4, 0.5) is 0 Å². The highest BCUT2D eigenvalue weighted by Gasteiger charge is 2.67. The largest absolute Gasteiger partial charge is 0.493 e. The summed E-state index contributed by atoms with van der Waals surface area (Å²) in [5, 5.41) is 10.1. The van der Waals surface area contributed by atoms with E-state index in [2.05, 4.69) is 42.7 Å². The van der Waals surface area contributed by atoms with Crippen molar-refractivity contribution in [1.82, 2.24) is 9.80 Å². The Labute approximate surface area is 237 Å². The molecule has 1 saturated heterocycles. The Bertz CT molecular complexity index is 1360. The first-order chi connectivity index (χ1) is 19.4. The average molecular weight is 541 g/mol. The Morgan fingerprint density at radius 2 is 2.02 bits per heavy atom. The molecule has 0 radical (unpaired) electrons. The second-order valence-corrected chi connectivity index (χ2v) is 13.0. The van der Waals surface area contributed by atoms with Crippen LogP contribution in [0.15, 0.2) is 42.5 Å². The first kappa shape index (κ1) is 25.9. The number of nitrogens with zero attached hydrogens (tertiary/aromatic N) is 2. The van der Waals surface area contributed by atoms with E-state index in [1.807, 2.05) is 35.2 Å². The van der Waals surface area contributed by atoms with E-state index in [1.165, 1.54) is 11.1 Å². The minimum Gasteiger partial charge on any atom is -0.493 e. The molecule has 7 atom stereocenters. The standard InChI is InChI=1S/C34H40N2O4/c1-21(2)19-36(30(38)14-9-22-7-5-4-6-8-22)26-12-11-25-27-17-23-10-13-29(39-3)32-31(23)34(25,33(26)40-32)15-16-35(27)20-24-18-28(24)37/h4-8,10,13,21,24-28,33,37H,11-12,15-20H2,1-3H3/t24?,25-,26+,27+,28?,33-,34-/m0/s1. The molecule has 2 unspecified atom stereocenters. The van der Waals surface area contributed by atoms with E-state index in [9.17, 15) is 9.90 Å². The van der Waals surface area contributed by atoms with E-state index in [0.29, 0.717) is 30.3 Å². The fraction of sp³-hybridized carbons (Fsp3) is 0.559. The van der Waals surface area contributed by atoms with Crippen molar-refractivity contribution in [3.8, 4) is 23.3 Å². The van der Waals surface area contributed by atoms with Gasteiger partial charge in [0.15, 0.2) is 11.5 Å². The van der Waals surface area contributed by atoms with Gasteiger partial charge in [0.05, 0.1) is 19.3 Å². The fourth-order valence-corrected chi connectivity index (χ4v) is 8.50. The predicted octanol–water partition coefficient (Wildman–Crippen LogP) is 4.02. The summed E-state index contributed by atoms with van der Waals surface area (Å²) in [5.74, 6) is 8.87. The number of methoxy groups -OCH3 is 1. The first-order valence-corrected chi connectivity index (χ1v) is 15.1. The summed E-state index contributed by atoms with van der Waals surface area (Å²) in [6.07, 6.45) is 4.67. The number of aliphatic hydroxyl groups is 1. The van der Waals surface area contributed by atoms with Crippen LogP contribution in [-0.4, -0.2) is 71.8 Å². The Kier molecular flexibility index (Phi) is 6.36. The minimum absolute atomic E-state index is 0.0447. The highest BCUT2D eigenvalue weighted by molar-refractivity contribution is 5.94. The highest BCUT2D eigenvalue weighted by atomic mass is 16.5.